The quantitative estimate of drug-likeness (QED) is 0.166. The van der Waals surface area contributed by atoms with Crippen LogP contribution in [0.4, 0.5) is 5.69 Å². The minimum absolute atomic E-state index is 0.0721. The maximum Gasteiger partial charge on any atom is 0.229 e. The number of fused-ring (bicyclic) bond motifs is 4. The zero-order chi connectivity index (χ0) is 38.6. The van der Waals surface area contributed by atoms with Crippen molar-refractivity contribution in [3.63, 3.8) is 0 Å². The molecule has 0 aliphatic carbocycles. The minimum atomic E-state index is -0.0721. The van der Waals surface area contributed by atoms with E-state index in [0.717, 1.165) is 66.4 Å². The van der Waals surface area contributed by atoms with E-state index >= 15 is 0 Å². The molecule has 2 aromatic heterocycles. The van der Waals surface area contributed by atoms with Crippen LogP contribution in [0.5, 0.6) is 5.75 Å². The van der Waals surface area contributed by atoms with E-state index in [1.165, 1.54) is 11.1 Å². The van der Waals surface area contributed by atoms with Crippen LogP contribution in [0, 0.1) is 0 Å². The Hall–Kier alpha value is -6.72. The van der Waals surface area contributed by atoms with Crippen LogP contribution in [0.2, 0.25) is 0 Å². The fourth-order valence-corrected chi connectivity index (χ4v) is 7.42. The van der Waals surface area contributed by atoms with E-state index in [1.54, 1.807) is 12.3 Å². The van der Waals surface area contributed by atoms with Gasteiger partial charge in [-0.05, 0) is 87.2 Å². The summed E-state index contributed by atoms with van der Waals surface area (Å²) < 4.78 is 13.2. The summed E-state index contributed by atoms with van der Waals surface area (Å²) in [6.07, 6.45) is 1.71. The Bertz CT molecular complexity index is 2920. The Balaban J connectivity index is 1.18. The summed E-state index contributed by atoms with van der Waals surface area (Å²) in [5, 5.41) is 12.8. The van der Waals surface area contributed by atoms with E-state index in [2.05, 4.69) is 120 Å². The molecule has 0 aliphatic rings. The van der Waals surface area contributed by atoms with Crippen LogP contribution >= 0.6 is 0 Å². The van der Waals surface area contributed by atoms with E-state index in [-0.39, 0.29) is 11.2 Å². The molecule has 0 aliphatic heterocycles. The number of para-hydroxylation sites is 3. The first-order valence-electron chi connectivity index (χ1n) is 19.1. The molecule has 56 heavy (non-hydrogen) atoms. The van der Waals surface area contributed by atoms with Gasteiger partial charge in [0.1, 0.15) is 22.4 Å². The van der Waals surface area contributed by atoms with Crippen LogP contribution in [0.3, 0.4) is 0 Å². The molecule has 9 aromatic rings. The fraction of sp³-hybridized carbons (Fsp3) is 0.137. The predicted octanol–water partition coefficient (Wildman–Crippen LogP) is 14.3. The summed E-state index contributed by atoms with van der Waals surface area (Å²) >= 11 is 0. The average molecular weight is 731 g/mol. The van der Waals surface area contributed by atoms with Gasteiger partial charge in [0.25, 0.3) is 0 Å². The molecule has 7 aromatic carbocycles. The van der Waals surface area contributed by atoms with Crippen LogP contribution in [0.1, 0.15) is 57.2 Å². The first-order valence-corrected chi connectivity index (χ1v) is 19.1. The average Bonchev–Trinajstić information content (AvgIpc) is 3.82. The molecule has 274 valence electrons. The molecule has 0 radical (unpaired) electrons. The second-order valence-corrected chi connectivity index (χ2v) is 15.8. The molecule has 0 saturated carbocycles. The van der Waals surface area contributed by atoms with Gasteiger partial charge in [0.2, 0.25) is 5.89 Å². The first kappa shape index (κ1) is 35.0. The van der Waals surface area contributed by atoms with Crippen molar-refractivity contribution in [2.24, 2.45) is 4.99 Å². The Labute approximate surface area is 326 Å². The SMILES string of the molecule is CC(C)c1ccc(-c2ccc(-c3cc(-c4cccc5c4oc4ccccc45)c4nc(-c5ccccc5N=Cc5cc(C(C)(C)C)ccc5O)oc4c3)cc2)cc1. The number of phenolic OH excluding ortho intramolecular Hbond substituents is 1. The molecule has 9 rings (SSSR count). The summed E-state index contributed by atoms with van der Waals surface area (Å²) in [5.41, 5.74) is 13.7. The van der Waals surface area contributed by atoms with Crippen LogP contribution in [0.15, 0.2) is 159 Å². The van der Waals surface area contributed by atoms with Gasteiger partial charge >= 0.3 is 0 Å². The molecule has 0 amide bonds. The maximum atomic E-state index is 10.7. The third kappa shape index (κ3) is 6.45. The molecule has 0 unspecified atom stereocenters. The molecule has 0 fully saturated rings. The Kier molecular flexibility index (Phi) is 8.66. The summed E-state index contributed by atoms with van der Waals surface area (Å²) in [7, 11) is 0. The van der Waals surface area contributed by atoms with Gasteiger partial charge in [-0.1, -0.05) is 138 Å². The molecule has 2 heterocycles. The Morgan fingerprint density at radius 3 is 2.02 bits per heavy atom. The van der Waals surface area contributed by atoms with Crippen molar-refractivity contribution in [3.8, 4) is 50.6 Å². The maximum absolute atomic E-state index is 10.7. The Morgan fingerprint density at radius 2 is 1.27 bits per heavy atom. The van der Waals surface area contributed by atoms with Crippen molar-refractivity contribution >= 4 is 44.9 Å². The monoisotopic (exact) mass is 730 g/mol. The predicted molar refractivity (Wildman–Crippen MR) is 231 cm³/mol. The summed E-state index contributed by atoms with van der Waals surface area (Å²) in [6.45, 7) is 10.9. The van der Waals surface area contributed by atoms with E-state index in [1.807, 2.05) is 54.6 Å². The van der Waals surface area contributed by atoms with Gasteiger partial charge in [-0.25, -0.2) is 4.98 Å². The Morgan fingerprint density at radius 1 is 0.607 bits per heavy atom. The number of aliphatic imine (C=N–C) groups is 1. The summed E-state index contributed by atoms with van der Waals surface area (Å²) in [6, 6.07) is 49.7. The van der Waals surface area contributed by atoms with Gasteiger partial charge < -0.3 is 13.9 Å². The second-order valence-electron chi connectivity index (χ2n) is 15.8. The number of aromatic nitrogens is 1. The topological polar surface area (TPSA) is 71.8 Å². The van der Waals surface area contributed by atoms with Crippen molar-refractivity contribution in [1.82, 2.24) is 4.98 Å². The molecule has 5 heteroatoms. The van der Waals surface area contributed by atoms with Crippen molar-refractivity contribution < 1.29 is 13.9 Å². The largest absolute Gasteiger partial charge is 0.507 e. The van der Waals surface area contributed by atoms with Crippen molar-refractivity contribution in [3.05, 3.63) is 162 Å². The highest BCUT2D eigenvalue weighted by Crippen LogP contribution is 2.42. The first-order chi connectivity index (χ1) is 27.1. The second kappa shape index (κ2) is 13.8. The number of furan rings is 1. The van der Waals surface area contributed by atoms with Crippen molar-refractivity contribution in [2.45, 2.75) is 46.0 Å². The summed E-state index contributed by atoms with van der Waals surface area (Å²) in [4.78, 5) is 10.0. The van der Waals surface area contributed by atoms with E-state index < -0.39 is 0 Å². The number of phenols is 1. The molecule has 0 atom stereocenters. The van der Waals surface area contributed by atoms with E-state index in [4.69, 9.17) is 18.8 Å². The molecular weight excluding hydrogens is 689 g/mol. The highest BCUT2D eigenvalue weighted by atomic mass is 16.3. The molecule has 0 saturated heterocycles. The van der Waals surface area contributed by atoms with E-state index in [0.29, 0.717) is 28.6 Å². The van der Waals surface area contributed by atoms with Crippen LogP contribution < -0.4 is 0 Å². The highest BCUT2D eigenvalue weighted by Gasteiger charge is 2.21. The molecule has 0 bridgehead atoms. The minimum Gasteiger partial charge on any atom is -0.507 e. The lowest BCUT2D eigenvalue weighted by molar-refractivity contribution is 0.473. The molecule has 1 N–H and O–H groups in total. The fourth-order valence-electron chi connectivity index (χ4n) is 7.42. The van der Waals surface area contributed by atoms with Gasteiger partial charge in [0.15, 0.2) is 5.58 Å². The zero-order valence-corrected chi connectivity index (χ0v) is 32.2. The van der Waals surface area contributed by atoms with Crippen LogP contribution in [-0.4, -0.2) is 16.3 Å². The van der Waals surface area contributed by atoms with Crippen LogP contribution in [0.25, 0.3) is 77.9 Å². The number of benzene rings is 7. The van der Waals surface area contributed by atoms with E-state index in [9.17, 15) is 5.11 Å². The molecule has 5 nitrogen and oxygen atoms in total. The third-order valence-electron chi connectivity index (χ3n) is 10.7. The van der Waals surface area contributed by atoms with Crippen LogP contribution in [-0.2, 0) is 5.41 Å². The van der Waals surface area contributed by atoms with Gasteiger partial charge in [-0.2, -0.15) is 0 Å². The molecule has 0 spiro atoms. The molecular formula is C51H42N2O3. The summed E-state index contributed by atoms with van der Waals surface area (Å²) in [5.74, 6) is 1.12. The number of aromatic hydroxyl groups is 1. The van der Waals surface area contributed by atoms with Gasteiger partial charge in [-0.3, -0.25) is 4.99 Å². The van der Waals surface area contributed by atoms with Gasteiger partial charge in [-0.15, -0.1) is 0 Å². The normalized spacial score (nSPS) is 12.2. The third-order valence-corrected chi connectivity index (χ3v) is 10.7. The number of hydrogen-bond acceptors (Lipinski definition) is 5. The zero-order valence-electron chi connectivity index (χ0n) is 32.2. The smallest absolute Gasteiger partial charge is 0.229 e. The number of hydrogen-bond donors (Lipinski definition) is 1. The lowest BCUT2D eigenvalue weighted by Crippen LogP contribution is -2.11. The lowest BCUT2D eigenvalue weighted by atomic mass is 9.86. The lowest BCUT2D eigenvalue weighted by Gasteiger charge is -2.19. The standard InChI is InChI=1S/C51H42N2O3/c1-31(2)32-17-19-33(20-18-32)34-21-23-35(24-22-34)36-28-43(41-14-10-13-40-39-11-7-9-16-46(39)55-49(40)41)48-47(29-36)56-50(53-48)42-12-6-8-15-44(42)52-30-37-27-38(51(3,4)5)25-26-45(37)54/h6-31,54H,1-5H3. The van der Waals surface area contributed by atoms with Gasteiger partial charge in [0.05, 0.1) is 11.3 Å². The number of rotatable bonds is 7. The highest BCUT2D eigenvalue weighted by molar-refractivity contribution is 6.12. The van der Waals surface area contributed by atoms with Gasteiger partial charge in [0, 0.05) is 33.7 Å². The van der Waals surface area contributed by atoms with Crippen molar-refractivity contribution in [1.29, 1.82) is 0 Å². The number of nitrogens with zero attached hydrogens (tertiary/aromatic N) is 2. The number of oxazole rings is 1. The van der Waals surface area contributed by atoms with Crippen molar-refractivity contribution in [2.75, 3.05) is 0 Å².